The van der Waals surface area contributed by atoms with Gasteiger partial charge in [0.1, 0.15) is 5.82 Å². The van der Waals surface area contributed by atoms with Crippen LogP contribution in [0.15, 0.2) is 18.2 Å². The molecule has 0 aliphatic rings. The topological polar surface area (TPSA) is 38.0 Å². The summed E-state index contributed by atoms with van der Waals surface area (Å²) in [6.45, 7) is 4.28. The fourth-order valence-electron chi connectivity index (χ4n) is 1.86. The Morgan fingerprint density at radius 3 is 2.71 bits per heavy atom. The van der Waals surface area contributed by atoms with Crippen molar-refractivity contribution in [3.8, 4) is 0 Å². The van der Waals surface area contributed by atoms with Gasteiger partial charge in [-0.1, -0.05) is 32.6 Å². The molecule has 0 heterocycles. The van der Waals surface area contributed by atoms with E-state index in [1.165, 1.54) is 31.7 Å². The molecule has 3 N–H and O–H groups in total. The Kier molecular flexibility index (Phi) is 5.81. The van der Waals surface area contributed by atoms with Gasteiger partial charge in [0.2, 0.25) is 0 Å². The van der Waals surface area contributed by atoms with Crippen molar-refractivity contribution < 1.29 is 4.39 Å². The predicted octanol–water partition coefficient (Wildman–Crippen LogP) is 4.18. The van der Waals surface area contributed by atoms with E-state index in [-0.39, 0.29) is 5.82 Å². The van der Waals surface area contributed by atoms with Crippen molar-refractivity contribution in [1.29, 1.82) is 0 Å². The van der Waals surface area contributed by atoms with E-state index in [1.807, 2.05) is 0 Å². The molecule has 0 fully saturated rings. The van der Waals surface area contributed by atoms with E-state index in [9.17, 15) is 4.39 Å². The van der Waals surface area contributed by atoms with Crippen LogP contribution >= 0.6 is 0 Å². The molecule has 1 unspecified atom stereocenters. The standard InChI is InChI=1S/C14H23FN2/c1-3-4-5-6-7-11(2)17-14-9-8-12(16)10-13(14)15/h8-11,17H,3-7,16H2,1-2H3. The third kappa shape index (κ3) is 5.07. The van der Waals surface area contributed by atoms with E-state index in [4.69, 9.17) is 5.73 Å². The first-order valence-corrected chi connectivity index (χ1v) is 6.45. The summed E-state index contributed by atoms with van der Waals surface area (Å²) in [5, 5.41) is 3.18. The molecular weight excluding hydrogens is 215 g/mol. The lowest BCUT2D eigenvalue weighted by atomic mass is 10.1. The average Bonchev–Trinajstić information content (AvgIpc) is 2.28. The molecule has 0 radical (unpaired) electrons. The summed E-state index contributed by atoms with van der Waals surface area (Å²) < 4.78 is 13.5. The van der Waals surface area contributed by atoms with Gasteiger partial charge in [-0.3, -0.25) is 0 Å². The van der Waals surface area contributed by atoms with Crippen molar-refractivity contribution in [1.82, 2.24) is 0 Å². The number of hydrogen-bond acceptors (Lipinski definition) is 2. The SMILES string of the molecule is CCCCCCC(C)Nc1ccc(N)cc1F. The fourth-order valence-corrected chi connectivity index (χ4v) is 1.86. The molecule has 2 nitrogen and oxygen atoms in total. The van der Waals surface area contributed by atoms with Gasteiger partial charge in [0.15, 0.2) is 0 Å². The number of hydrogen-bond donors (Lipinski definition) is 2. The van der Waals surface area contributed by atoms with Crippen LogP contribution in [0.5, 0.6) is 0 Å². The van der Waals surface area contributed by atoms with Gasteiger partial charge >= 0.3 is 0 Å². The quantitative estimate of drug-likeness (QED) is 0.552. The lowest BCUT2D eigenvalue weighted by Gasteiger charge is -2.15. The molecule has 0 aromatic heterocycles. The number of unbranched alkanes of at least 4 members (excludes halogenated alkanes) is 3. The second kappa shape index (κ2) is 7.15. The second-order valence-electron chi connectivity index (χ2n) is 4.63. The smallest absolute Gasteiger partial charge is 0.148 e. The Hall–Kier alpha value is -1.25. The van der Waals surface area contributed by atoms with Crippen molar-refractivity contribution in [2.24, 2.45) is 0 Å². The number of rotatable bonds is 7. The highest BCUT2D eigenvalue weighted by Gasteiger charge is 2.06. The Balaban J connectivity index is 2.37. The number of anilines is 2. The van der Waals surface area contributed by atoms with Gasteiger partial charge in [-0.05, 0) is 31.5 Å². The number of nitrogens with one attached hydrogen (secondary N) is 1. The van der Waals surface area contributed by atoms with Crippen LogP contribution in [0, 0.1) is 5.82 Å². The summed E-state index contributed by atoms with van der Waals surface area (Å²) in [6, 6.07) is 5.07. The zero-order valence-electron chi connectivity index (χ0n) is 10.8. The Morgan fingerprint density at radius 2 is 2.06 bits per heavy atom. The van der Waals surface area contributed by atoms with E-state index in [0.29, 0.717) is 17.4 Å². The van der Waals surface area contributed by atoms with Crippen LogP contribution in [0.1, 0.15) is 46.0 Å². The van der Waals surface area contributed by atoms with Gasteiger partial charge in [0.05, 0.1) is 5.69 Å². The minimum Gasteiger partial charge on any atom is -0.399 e. The van der Waals surface area contributed by atoms with Gasteiger partial charge in [-0.2, -0.15) is 0 Å². The molecule has 1 rings (SSSR count). The van der Waals surface area contributed by atoms with Crippen molar-refractivity contribution in [3.63, 3.8) is 0 Å². The van der Waals surface area contributed by atoms with Crippen molar-refractivity contribution >= 4 is 11.4 Å². The van der Waals surface area contributed by atoms with Gasteiger partial charge in [0.25, 0.3) is 0 Å². The predicted molar refractivity (Wildman–Crippen MR) is 72.7 cm³/mol. The van der Waals surface area contributed by atoms with E-state index in [2.05, 4.69) is 19.2 Å². The first kappa shape index (κ1) is 13.8. The van der Waals surface area contributed by atoms with Crippen LogP contribution in [0.3, 0.4) is 0 Å². The zero-order chi connectivity index (χ0) is 12.7. The molecule has 0 amide bonds. The maximum absolute atomic E-state index is 13.5. The molecule has 0 aliphatic carbocycles. The highest BCUT2D eigenvalue weighted by molar-refractivity contribution is 5.52. The average molecular weight is 238 g/mol. The second-order valence-corrected chi connectivity index (χ2v) is 4.63. The van der Waals surface area contributed by atoms with Crippen molar-refractivity contribution in [2.75, 3.05) is 11.1 Å². The summed E-state index contributed by atoms with van der Waals surface area (Å²) in [6.07, 6.45) is 6.05. The largest absolute Gasteiger partial charge is 0.399 e. The van der Waals surface area contributed by atoms with Crippen LogP contribution in [0.25, 0.3) is 0 Å². The summed E-state index contributed by atoms with van der Waals surface area (Å²) in [4.78, 5) is 0. The first-order valence-electron chi connectivity index (χ1n) is 6.45. The van der Waals surface area contributed by atoms with E-state index in [1.54, 1.807) is 12.1 Å². The molecule has 0 spiro atoms. The molecule has 0 bridgehead atoms. The normalized spacial score (nSPS) is 12.4. The van der Waals surface area contributed by atoms with Crippen LogP contribution in [-0.2, 0) is 0 Å². The molecule has 1 aromatic rings. The van der Waals surface area contributed by atoms with E-state index < -0.39 is 0 Å². The molecule has 3 heteroatoms. The van der Waals surface area contributed by atoms with Crippen LogP contribution in [0.2, 0.25) is 0 Å². The van der Waals surface area contributed by atoms with Crippen molar-refractivity contribution in [3.05, 3.63) is 24.0 Å². The summed E-state index contributed by atoms with van der Waals surface area (Å²) in [5.74, 6) is -0.273. The monoisotopic (exact) mass is 238 g/mol. The first-order chi connectivity index (χ1) is 8.13. The number of nitrogen functional groups attached to an aromatic ring is 1. The van der Waals surface area contributed by atoms with Crippen LogP contribution in [0.4, 0.5) is 15.8 Å². The minimum absolute atomic E-state index is 0.273. The van der Waals surface area contributed by atoms with Gasteiger partial charge in [0, 0.05) is 11.7 Å². The molecule has 1 aromatic carbocycles. The molecule has 17 heavy (non-hydrogen) atoms. The third-order valence-corrected chi connectivity index (χ3v) is 2.89. The summed E-state index contributed by atoms with van der Waals surface area (Å²) in [5.41, 5.74) is 6.51. The summed E-state index contributed by atoms with van der Waals surface area (Å²) >= 11 is 0. The lowest BCUT2D eigenvalue weighted by Crippen LogP contribution is -2.15. The fraction of sp³-hybridized carbons (Fsp3) is 0.571. The number of halogens is 1. The highest BCUT2D eigenvalue weighted by atomic mass is 19.1. The van der Waals surface area contributed by atoms with Gasteiger partial charge in [-0.25, -0.2) is 4.39 Å². The highest BCUT2D eigenvalue weighted by Crippen LogP contribution is 2.19. The van der Waals surface area contributed by atoms with Crippen LogP contribution < -0.4 is 11.1 Å². The van der Waals surface area contributed by atoms with Crippen LogP contribution in [-0.4, -0.2) is 6.04 Å². The summed E-state index contributed by atoms with van der Waals surface area (Å²) in [7, 11) is 0. The van der Waals surface area contributed by atoms with Gasteiger partial charge < -0.3 is 11.1 Å². The number of nitrogens with two attached hydrogens (primary N) is 1. The molecule has 0 saturated carbocycles. The third-order valence-electron chi connectivity index (χ3n) is 2.89. The van der Waals surface area contributed by atoms with E-state index >= 15 is 0 Å². The molecule has 96 valence electrons. The molecule has 0 aliphatic heterocycles. The Morgan fingerprint density at radius 1 is 1.29 bits per heavy atom. The van der Waals surface area contributed by atoms with Gasteiger partial charge in [-0.15, -0.1) is 0 Å². The maximum atomic E-state index is 13.5. The van der Waals surface area contributed by atoms with Crippen molar-refractivity contribution in [2.45, 2.75) is 52.0 Å². The maximum Gasteiger partial charge on any atom is 0.148 e. The Labute approximate surface area is 103 Å². The molecule has 1 atom stereocenters. The molecular formula is C14H23FN2. The molecule has 0 saturated heterocycles. The number of benzene rings is 1. The Bertz CT molecular complexity index is 339. The van der Waals surface area contributed by atoms with E-state index in [0.717, 1.165) is 6.42 Å². The lowest BCUT2D eigenvalue weighted by molar-refractivity contribution is 0.586. The minimum atomic E-state index is -0.273. The zero-order valence-corrected chi connectivity index (χ0v) is 10.8.